The molecule has 1 atom stereocenters. The number of benzene rings is 2. The van der Waals surface area contributed by atoms with Crippen LogP contribution in [-0.2, 0) is 9.53 Å². The number of terminal acetylenes is 1. The molecular weight excluding hydrogens is 435 g/mol. The van der Waals surface area contributed by atoms with E-state index in [1.54, 1.807) is 0 Å². The summed E-state index contributed by atoms with van der Waals surface area (Å²) in [5.74, 6) is -2.48. The minimum absolute atomic E-state index is 0.0302. The first-order valence-corrected chi connectivity index (χ1v) is 8.43. The molecule has 0 bridgehead atoms. The Bertz CT molecular complexity index is 1100. The monoisotopic (exact) mass is 444 g/mol. The van der Waals surface area contributed by atoms with Crippen LogP contribution in [0.2, 0.25) is 5.02 Å². The van der Waals surface area contributed by atoms with E-state index in [4.69, 9.17) is 27.5 Å². The van der Waals surface area contributed by atoms with E-state index in [-0.39, 0.29) is 27.6 Å². The quantitative estimate of drug-likeness (QED) is 0.367. The number of hydrogen-bond donors (Lipinski definition) is 0. The van der Waals surface area contributed by atoms with E-state index < -0.39 is 41.2 Å². The molecule has 0 spiro atoms. The molecule has 2 aromatic rings. The molecule has 0 amide bonds. The zero-order valence-electron chi connectivity index (χ0n) is 14.9. The first kappa shape index (κ1) is 21.5. The lowest BCUT2D eigenvalue weighted by molar-refractivity contribution is -0.187. The second kappa shape index (κ2) is 7.88. The molecule has 0 saturated heterocycles. The maximum Gasteiger partial charge on any atom is 0.430 e. The Morgan fingerprint density at radius 3 is 2.47 bits per heavy atom. The van der Waals surface area contributed by atoms with Gasteiger partial charge in [0.2, 0.25) is 6.10 Å². The van der Waals surface area contributed by atoms with Crippen molar-refractivity contribution in [2.75, 3.05) is 7.11 Å². The van der Waals surface area contributed by atoms with Crippen LogP contribution in [-0.4, -0.2) is 25.4 Å². The average molecular weight is 445 g/mol. The van der Waals surface area contributed by atoms with Crippen LogP contribution in [0.5, 0.6) is 17.2 Å². The molecule has 1 unspecified atom stereocenters. The Kier molecular flexibility index (Phi) is 5.63. The topological polar surface area (TPSA) is 44.8 Å². The van der Waals surface area contributed by atoms with Crippen molar-refractivity contribution >= 4 is 23.6 Å². The van der Waals surface area contributed by atoms with Crippen LogP contribution in [0.25, 0.3) is 6.08 Å². The van der Waals surface area contributed by atoms with Gasteiger partial charge in [0.15, 0.2) is 11.6 Å². The van der Waals surface area contributed by atoms with Gasteiger partial charge in [-0.25, -0.2) is 13.6 Å². The van der Waals surface area contributed by atoms with E-state index in [1.807, 2.05) is 5.92 Å². The Hall–Kier alpha value is -3.25. The molecule has 1 aliphatic rings. The lowest BCUT2D eigenvalue weighted by atomic mass is 10.0. The number of ether oxygens (including phenoxy) is 3. The molecule has 1 heterocycles. The van der Waals surface area contributed by atoms with Crippen molar-refractivity contribution in [3.63, 3.8) is 0 Å². The SMILES string of the molecule is C#Cc1cc(F)c(Oc2cc3c(cc2Cl)C=C(C(=O)OC)C(C(F)(F)F)O3)cc1F. The fourth-order valence-electron chi connectivity index (χ4n) is 2.64. The summed E-state index contributed by atoms with van der Waals surface area (Å²) in [6.45, 7) is 0. The maximum atomic E-state index is 14.1. The Labute approximate surface area is 171 Å². The van der Waals surface area contributed by atoms with Gasteiger partial charge in [0.1, 0.15) is 17.3 Å². The van der Waals surface area contributed by atoms with Crippen molar-refractivity contribution in [3.8, 4) is 29.6 Å². The summed E-state index contributed by atoms with van der Waals surface area (Å²) in [4.78, 5) is 11.7. The molecule has 2 aromatic carbocycles. The zero-order chi connectivity index (χ0) is 22.2. The Balaban J connectivity index is 2.04. The van der Waals surface area contributed by atoms with Gasteiger partial charge in [-0.1, -0.05) is 17.5 Å². The predicted octanol–water partition coefficient (Wildman–Crippen LogP) is 5.27. The molecule has 10 heteroatoms. The number of carbonyl (C=O) groups is 1. The highest BCUT2D eigenvalue weighted by Gasteiger charge is 2.48. The molecule has 1 aliphatic heterocycles. The lowest BCUT2D eigenvalue weighted by Crippen LogP contribution is -2.40. The largest absolute Gasteiger partial charge is 0.475 e. The third-order valence-corrected chi connectivity index (χ3v) is 4.31. The summed E-state index contributed by atoms with van der Waals surface area (Å²) in [6.07, 6.45) is -1.57. The van der Waals surface area contributed by atoms with Crippen LogP contribution in [0.15, 0.2) is 29.8 Å². The van der Waals surface area contributed by atoms with E-state index in [2.05, 4.69) is 4.74 Å². The van der Waals surface area contributed by atoms with Crippen molar-refractivity contribution in [3.05, 3.63) is 57.6 Å². The summed E-state index contributed by atoms with van der Waals surface area (Å²) in [5, 5.41) is -0.163. The van der Waals surface area contributed by atoms with Gasteiger partial charge in [-0.3, -0.25) is 0 Å². The van der Waals surface area contributed by atoms with Gasteiger partial charge in [-0.05, 0) is 18.2 Å². The third kappa shape index (κ3) is 4.04. The number of esters is 1. The molecule has 3 rings (SSSR count). The van der Waals surface area contributed by atoms with E-state index in [9.17, 15) is 26.7 Å². The minimum atomic E-state index is -4.93. The number of alkyl halides is 3. The molecule has 0 aromatic heterocycles. The molecule has 0 saturated carbocycles. The number of carbonyl (C=O) groups excluding carboxylic acids is 1. The predicted molar refractivity (Wildman–Crippen MR) is 96.3 cm³/mol. The third-order valence-electron chi connectivity index (χ3n) is 4.02. The second-order valence-corrected chi connectivity index (χ2v) is 6.37. The van der Waals surface area contributed by atoms with Crippen LogP contribution in [0.1, 0.15) is 11.1 Å². The fraction of sp³-hybridized carbons (Fsp3) is 0.150. The van der Waals surface area contributed by atoms with Gasteiger partial charge >= 0.3 is 12.1 Å². The van der Waals surface area contributed by atoms with Crippen LogP contribution in [0.4, 0.5) is 22.0 Å². The van der Waals surface area contributed by atoms with Crippen molar-refractivity contribution in [2.24, 2.45) is 0 Å². The first-order chi connectivity index (χ1) is 14.0. The normalized spacial score (nSPS) is 15.4. The van der Waals surface area contributed by atoms with Gasteiger partial charge in [-0.15, -0.1) is 6.42 Å². The van der Waals surface area contributed by atoms with E-state index in [0.29, 0.717) is 6.07 Å². The summed E-state index contributed by atoms with van der Waals surface area (Å²) in [5.41, 5.74) is -1.09. The molecular formula is C20H10ClF5O4. The van der Waals surface area contributed by atoms with Gasteiger partial charge in [0.05, 0.1) is 23.3 Å². The van der Waals surface area contributed by atoms with Crippen LogP contribution in [0.3, 0.4) is 0 Å². The minimum Gasteiger partial charge on any atom is -0.475 e. The number of hydrogen-bond acceptors (Lipinski definition) is 4. The van der Waals surface area contributed by atoms with E-state index in [1.165, 1.54) is 0 Å². The van der Waals surface area contributed by atoms with Crippen molar-refractivity contribution < 1.29 is 41.0 Å². The highest BCUT2D eigenvalue weighted by atomic mass is 35.5. The van der Waals surface area contributed by atoms with Crippen LogP contribution < -0.4 is 9.47 Å². The van der Waals surface area contributed by atoms with Crippen molar-refractivity contribution in [1.82, 2.24) is 0 Å². The molecule has 156 valence electrons. The van der Waals surface area contributed by atoms with Crippen molar-refractivity contribution in [1.29, 1.82) is 0 Å². The van der Waals surface area contributed by atoms with Crippen molar-refractivity contribution in [2.45, 2.75) is 12.3 Å². The highest BCUT2D eigenvalue weighted by molar-refractivity contribution is 6.32. The maximum absolute atomic E-state index is 14.1. The Morgan fingerprint density at radius 1 is 1.17 bits per heavy atom. The number of fused-ring (bicyclic) bond motifs is 1. The Morgan fingerprint density at radius 2 is 1.87 bits per heavy atom. The van der Waals surface area contributed by atoms with Gasteiger partial charge in [0.25, 0.3) is 0 Å². The van der Waals surface area contributed by atoms with Crippen LogP contribution >= 0.6 is 11.6 Å². The first-order valence-electron chi connectivity index (χ1n) is 8.05. The smallest absolute Gasteiger partial charge is 0.430 e. The highest BCUT2D eigenvalue weighted by Crippen LogP contribution is 2.43. The van der Waals surface area contributed by atoms with E-state index >= 15 is 0 Å². The zero-order valence-corrected chi connectivity index (χ0v) is 15.7. The van der Waals surface area contributed by atoms with Gasteiger partial charge in [0, 0.05) is 17.7 Å². The summed E-state index contributed by atoms with van der Waals surface area (Å²) in [6, 6.07) is 3.51. The summed E-state index contributed by atoms with van der Waals surface area (Å²) >= 11 is 6.05. The number of rotatable bonds is 3. The molecule has 0 radical (unpaired) electrons. The van der Waals surface area contributed by atoms with Gasteiger partial charge < -0.3 is 14.2 Å². The van der Waals surface area contributed by atoms with Crippen LogP contribution in [0, 0.1) is 24.0 Å². The fourth-order valence-corrected chi connectivity index (χ4v) is 2.85. The standard InChI is InChI=1S/C20H10ClF5O4/c1-3-9-6-14(23)17(7-13(9)22)29-16-8-15-10(5-12(16)21)4-11(19(27)28-2)18(30-15)20(24,25)26/h1,4-8,18H,2H3. The lowest BCUT2D eigenvalue weighted by Gasteiger charge is -2.28. The average Bonchev–Trinajstić information content (AvgIpc) is 2.68. The van der Waals surface area contributed by atoms with E-state index in [0.717, 1.165) is 31.4 Å². The van der Waals surface area contributed by atoms with Gasteiger partial charge in [-0.2, -0.15) is 13.2 Å². The molecule has 0 N–H and O–H groups in total. The molecule has 0 fully saturated rings. The number of halogens is 6. The molecule has 30 heavy (non-hydrogen) atoms. The summed E-state index contributed by atoms with van der Waals surface area (Å²) in [7, 11) is 0.926. The second-order valence-electron chi connectivity index (χ2n) is 5.96. The number of methoxy groups -OCH3 is 1. The molecule has 0 aliphatic carbocycles. The molecule has 4 nitrogen and oxygen atoms in total. The summed E-state index contributed by atoms with van der Waals surface area (Å²) < 4.78 is 82.4.